The molecule has 2 aliphatic heterocycles. The van der Waals surface area contributed by atoms with Gasteiger partial charge in [-0.2, -0.15) is 0 Å². The molecule has 1 aromatic carbocycles. The zero-order valence-corrected chi connectivity index (χ0v) is 19.0. The van der Waals surface area contributed by atoms with Crippen molar-refractivity contribution in [2.45, 2.75) is 56.5 Å². The van der Waals surface area contributed by atoms with E-state index in [-0.39, 0.29) is 5.91 Å². The van der Waals surface area contributed by atoms with Crippen LogP contribution in [0.5, 0.6) is 0 Å². The van der Waals surface area contributed by atoms with Gasteiger partial charge in [-0.3, -0.25) is 4.79 Å². The van der Waals surface area contributed by atoms with Crippen LogP contribution in [0.3, 0.4) is 0 Å². The maximum Gasteiger partial charge on any atom is 0.253 e. The highest BCUT2D eigenvalue weighted by atomic mass is 35.5. The van der Waals surface area contributed by atoms with Gasteiger partial charge in [-0.25, -0.2) is 9.97 Å². The molecule has 7 heteroatoms. The number of fused-ring (bicyclic) bond motifs is 3. The van der Waals surface area contributed by atoms with Crippen LogP contribution in [0.2, 0.25) is 5.02 Å². The number of rotatable bonds is 3. The van der Waals surface area contributed by atoms with Crippen molar-refractivity contribution < 1.29 is 4.79 Å². The molecule has 3 fully saturated rings. The number of thiophene rings is 1. The van der Waals surface area contributed by atoms with Crippen LogP contribution in [0.15, 0.2) is 29.6 Å². The molecule has 4 atom stereocenters. The van der Waals surface area contributed by atoms with Crippen LogP contribution in [-0.4, -0.2) is 45.9 Å². The molecule has 4 heterocycles. The Bertz CT molecular complexity index is 1180. The van der Waals surface area contributed by atoms with E-state index >= 15 is 0 Å². The first-order valence-corrected chi connectivity index (χ1v) is 12.4. The molecular formula is C24H25ClN4OS. The Balaban J connectivity index is 1.22. The third-order valence-electron chi connectivity index (χ3n) is 7.07. The van der Waals surface area contributed by atoms with Gasteiger partial charge in [0, 0.05) is 47.1 Å². The maximum absolute atomic E-state index is 13.1. The number of carbonyl (C=O) groups is 1. The summed E-state index contributed by atoms with van der Waals surface area (Å²) in [4.78, 5) is 25.5. The van der Waals surface area contributed by atoms with Crippen LogP contribution in [0.1, 0.15) is 65.0 Å². The standard InChI is InChI=1S/C24H25ClN4OS/c1-13-26-22(18-7-9-31-23(18)27-13)20-11-19(20)17-5-2-14(10-21(17)25)24(30)29-8-6-15-3-4-16(12-29)28-15/h2,5,7,9-10,15-16,19-20,28H,3-4,6,8,11-12H2,1H3/t15-,16+,19-,20+/m1/s1. The fourth-order valence-electron chi connectivity index (χ4n) is 5.38. The first-order chi connectivity index (χ1) is 15.1. The zero-order chi connectivity index (χ0) is 21.1. The van der Waals surface area contributed by atoms with Crippen molar-refractivity contribution in [2.24, 2.45) is 0 Å². The second-order valence-electron chi connectivity index (χ2n) is 9.16. The van der Waals surface area contributed by atoms with Gasteiger partial charge >= 0.3 is 0 Å². The molecule has 31 heavy (non-hydrogen) atoms. The number of nitrogens with zero attached hydrogens (tertiary/aromatic N) is 3. The Labute approximate surface area is 190 Å². The Morgan fingerprint density at radius 1 is 1.16 bits per heavy atom. The van der Waals surface area contributed by atoms with Crippen LogP contribution in [0.4, 0.5) is 0 Å². The lowest BCUT2D eigenvalue weighted by Gasteiger charge is -2.24. The molecule has 160 valence electrons. The molecular weight excluding hydrogens is 428 g/mol. The molecule has 5 nitrogen and oxygen atoms in total. The fourth-order valence-corrected chi connectivity index (χ4v) is 6.52. The van der Waals surface area contributed by atoms with E-state index in [1.165, 1.54) is 6.42 Å². The second kappa shape index (κ2) is 7.54. The summed E-state index contributed by atoms with van der Waals surface area (Å²) >= 11 is 8.37. The summed E-state index contributed by atoms with van der Waals surface area (Å²) in [6.07, 6.45) is 4.47. The number of nitrogens with one attached hydrogen (secondary N) is 1. The molecule has 1 amide bonds. The highest BCUT2D eigenvalue weighted by Crippen LogP contribution is 2.57. The Hall–Kier alpha value is -2.02. The number of halogens is 1. The fraction of sp³-hybridized carbons (Fsp3) is 0.458. The number of benzene rings is 1. The van der Waals surface area contributed by atoms with Crippen molar-refractivity contribution in [3.8, 4) is 0 Å². The van der Waals surface area contributed by atoms with E-state index in [2.05, 4.69) is 27.8 Å². The van der Waals surface area contributed by atoms with E-state index in [0.29, 0.717) is 34.5 Å². The lowest BCUT2D eigenvalue weighted by atomic mass is 10.0. The lowest BCUT2D eigenvalue weighted by Crippen LogP contribution is -2.39. The minimum absolute atomic E-state index is 0.0987. The number of hydrogen-bond donors (Lipinski definition) is 1. The van der Waals surface area contributed by atoms with Gasteiger partial charge in [0.05, 0.1) is 5.69 Å². The summed E-state index contributed by atoms with van der Waals surface area (Å²) in [7, 11) is 0. The minimum atomic E-state index is 0.0987. The highest BCUT2D eigenvalue weighted by Gasteiger charge is 2.43. The molecule has 1 aliphatic carbocycles. The summed E-state index contributed by atoms with van der Waals surface area (Å²) in [6, 6.07) is 9.01. The van der Waals surface area contributed by atoms with Gasteiger partial charge in [0.1, 0.15) is 10.7 Å². The van der Waals surface area contributed by atoms with E-state index in [1.807, 2.05) is 24.0 Å². The van der Waals surface area contributed by atoms with Gasteiger partial charge in [0.15, 0.2) is 0 Å². The summed E-state index contributed by atoms with van der Waals surface area (Å²) in [5.74, 6) is 1.64. The van der Waals surface area contributed by atoms with Crippen LogP contribution in [0.25, 0.3) is 10.2 Å². The average molecular weight is 453 g/mol. The second-order valence-corrected chi connectivity index (χ2v) is 10.5. The molecule has 1 N–H and O–H groups in total. The highest BCUT2D eigenvalue weighted by molar-refractivity contribution is 7.16. The van der Waals surface area contributed by atoms with E-state index in [4.69, 9.17) is 16.6 Å². The zero-order valence-electron chi connectivity index (χ0n) is 17.5. The minimum Gasteiger partial charge on any atom is -0.337 e. The SMILES string of the molecule is Cc1nc([C@H]2C[C@@H]2c2ccc(C(=O)N3CC[C@H]4CC[C@@H](C3)N4)cc2Cl)c2ccsc2n1. The predicted molar refractivity (Wildman–Crippen MR) is 124 cm³/mol. The summed E-state index contributed by atoms with van der Waals surface area (Å²) in [5, 5.41) is 7.58. The normalized spacial score (nSPS) is 27.5. The number of aromatic nitrogens is 2. The Kier molecular flexibility index (Phi) is 4.78. The quantitative estimate of drug-likeness (QED) is 0.614. The van der Waals surface area contributed by atoms with Crippen molar-refractivity contribution in [1.29, 1.82) is 0 Å². The van der Waals surface area contributed by atoms with E-state index in [1.54, 1.807) is 11.3 Å². The molecule has 1 saturated carbocycles. The molecule has 0 radical (unpaired) electrons. The van der Waals surface area contributed by atoms with E-state index < -0.39 is 0 Å². The van der Waals surface area contributed by atoms with Crippen molar-refractivity contribution in [3.63, 3.8) is 0 Å². The Morgan fingerprint density at radius 2 is 2.03 bits per heavy atom. The molecule has 3 aliphatic rings. The third kappa shape index (κ3) is 3.55. The number of amides is 1. The number of carbonyl (C=O) groups excluding carboxylic acids is 1. The molecule has 0 unspecified atom stereocenters. The molecule has 2 bridgehead atoms. The van der Waals surface area contributed by atoms with E-state index in [0.717, 1.165) is 59.7 Å². The molecule has 2 saturated heterocycles. The largest absolute Gasteiger partial charge is 0.337 e. The summed E-state index contributed by atoms with van der Waals surface area (Å²) in [5.41, 5.74) is 2.96. The van der Waals surface area contributed by atoms with Crippen LogP contribution in [-0.2, 0) is 0 Å². The van der Waals surface area contributed by atoms with Gasteiger partial charge in [0.25, 0.3) is 5.91 Å². The number of likely N-dealkylation sites (tertiary alicyclic amines) is 1. The molecule has 2 aromatic heterocycles. The van der Waals surface area contributed by atoms with Crippen molar-refractivity contribution in [3.05, 3.63) is 57.3 Å². The maximum atomic E-state index is 13.1. The lowest BCUT2D eigenvalue weighted by molar-refractivity contribution is 0.0748. The first-order valence-electron chi connectivity index (χ1n) is 11.1. The predicted octanol–water partition coefficient (Wildman–Crippen LogP) is 4.89. The summed E-state index contributed by atoms with van der Waals surface area (Å²) in [6.45, 7) is 3.57. The van der Waals surface area contributed by atoms with Gasteiger partial charge in [-0.1, -0.05) is 17.7 Å². The van der Waals surface area contributed by atoms with Crippen molar-refractivity contribution in [1.82, 2.24) is 20.2 Å². The van der Waals surface area contributed by atoms with Gasteiger partial charge in [-0.05, 0) is 67.7 Å². The van der Waals surface area contributed by atoms with Gasteiger partial charge in [-0.15, -0.1) is 11.3 Å². The van der Waals surface area contributed by atoms with Crippen LogP contribution in [0, 0.1) is 6.92 Å². The monoisotopic (exact) mass is 452 g/mol. The third-order valence-corrected chi connectivity index (χ3v) is 8.20. The van der Waals surface area contributed by atoms with Gasteiger partial charge in [0.2, 0.25) is 0 Å². The summed E-state index contributed by atoms with van der Waals surface area (Å²) < 4.78 is 0. The molecule has 0 spiro atoms. The first kappa shape index (κ1) is 19.6. The van der Waals surface area contributed by atoms with Gasteiger partial charge < -0.3 is 10.2 Å². The molecule has 6 rings (SSSR count). The average Bonchev–Trinajstić information content (AvgIpc) is 3.24. The van der Waals surface area contributed by atoms with Crippen molar-refractivity contribution >= 4 is 39.1 Å². The van der Waals surface area contributed by atoms with Crippen LogP contribution < -0.4 is 5.32 Å². The smallest absolute Gasteiger partial charge is 0.253 e. The molecule has 3 aromatic rings. The van der Waals surface area contributed by atoms with Crippen LogP contribution >= 0.6 is 22.9 Å². The van der Waals surface area contributed by atoms with Crippen molar-refractivity contribution in [2.75, 3.05) is 13.1 Å². The number of aryl methyl sites for hydroxylation is 1. The Morgan fingerprint density at radius 3 is 2.90 bits per heavy atom. The number of hydrogen-bond acceptors (Lipinski definition) is 5. The topological polar surface area (TPSA) is 58.1 Å². The van der Waals surface area contributed by atoms with E-state index in [9.17, 15) is 4.79 Å².